The van der Waals surface area contributed by atoms with E-state index in [2.05, 4.69) is 23.2 Å². The van der Waals surface area contributed by atoms with Crippen LogP contribution in [0.4, 0.5) is 17.6 Å². The van der Waals surface area contributed by atoms with Crippen LogP contribution in [0.5, 0.6) is 0 Å². The van der Waals surface area contributed by atoms with Crippen LogP contribution in [0.2, 0.25) is 0 Å². The van der Waals surface area contributed by atoms with Crippen LogP contribution in [0.1, 0.15) is 0 Å². The highest BCUT2D eigenvalue weighted by atomic mass is 35.5. The maximum atomic E-state index is 11.8. The topological polar surface area (TPSA) is 0 Å². The van der Waals surface area contributed by atoms with Gasteiger partial charge in [0.1, 0.15) is 0 Å². The zero-order chi connectivity index (χ0) is 7.71. The average Bonchev–Trinajstić information content (AvgIpc) is 1.64. The number of hydrogen-bond donors (Lipinski definition) is 0. The van der Waals surface area contributed by atoms with Gasteiger partial charge in [-0.15, -0.1) is 11.6 Å². The van der Waals surface area contributed by atoms with Crippen molar-refractivity contribution in [2.75, 3.05) is 5.88 Å². The van der Waals surface area contributed by atoms with Crippen molar-refractivity contribution in [3.8, 4) is 0 Å². The molecule has 0 heterocycles. The molecule has 6 heteroatoms. The van der Waals surface area contributed by atoms with Gasteiger partial charge in [-0.2, -0.15) is 13.2 Å². The van der Waals surface area contributed by atoms with E-state index in [1.165, 1.54) is 0 Å². The molecule has 0 N–H and O–H groups in total. The molecule has 56 valence electrons. The predicted molar refractivity (Wildman–Crippen MR) is 26.5 cm³/mol. The highest BCUT2D eigenvalue weighted by Gasteiger charge is 2.54. The lowest BCUT2D eigenvalue weighted by Gasteiger charge is -2.17. The molecule has 0 radical (unpaired) electrons. The first-order chi connectivity index (χ1) is 3.81. The van der Waals surface area contributed by atoms with Gasteiger partial charge >= 0.3 is 6.18 Å². The Morgan fingerprint density at radius 2 is 1.44 bits per heavy atom. The van der Waals surface area contributed by atoms with Crippen molar-refractivity contribution in [2.24, 2.45) is 0 Å². The minimum absolute atomic E-state index is 1.29. The monoisotopic (exact) mass is 184 g/mol. The Labute approximate surface area is 58.7 Å². The summed E-state index contributed by atoms with van der Waals surface area (Å²) in [7, 11) is 0. The summed E-state index contributed by atoms with van der Waals surface area (Å²) in [5.74, 6) is -1.29. The van der Waals surface area contributed by atoms with Gasteiger partial charge in [0, 0.05) is 0 Å². The SMILES string of the molecule is FC(F)(F)[C@](F)(Cl)CCl. The Balaban J connectivity index is 4.14. The zero-order valence-corrected chi connectivity index (χ0v) is 5.49. The second kappa shape index (κ2) is 2.50. The predicted octanol–water partition coefficient (Wildman–Crippen LogP) is 2.69. The van der Waals surface area contributed by atoms with Gasteiger partial charge in [0.2, 0.25) is 0 Å². The first-order valence-electron chi connectivity index (χ1n) is 1.82. The lowest BCUT2D eigenvalue weighted by atomic mass is 10.4. The number of alkyl halides is 6. The van der Waals surface area contributed by atoms with Crippen LogP contribution < -0.4 is 0 Å². The molecule has 0 bridgehead atoms. The van der Waals surface area contributed by atoms with Gasteiger partial charge in [-0.3, -0.25) is 0 Å². The molecule has 0 aliphatic carbocycles. The van der Waals surface area contributed by atoms with Crippen molar-refractivity contribution in [3.63, 3.8) is 0 Å². The summed E-state index contributed by atoms with van der Waals surface area (Å²) in [6.07, 6.45) is -5.09. The molecular weight excluding hydrogens is 183 g/mol. The van der Waals surface area contributed by atoms with Gasteiger partial charge in [0.05, 0.1) is 5.88 Å². The quantitative estimate of drug-likeness (QED) is 0.435. The molecule has 0 rings (SSSR count). The molecular formula is C3H2Cl2F4. The van der Waals surface area contributed by atoms with E-state index >= 15 is 0 Å². The molecule has 1 atom stereocenters. The van der Waals surface area contributed by atoms with E-state index in [0.29, 0.717) is 0 Å². The van der Waals surface area contributed by atoms with Gasteiger partial charge in [-0.1, -0.05) is 11.6 Å². The molecule has 0 saturated carbocycles. The van der Waals surface area contributed by atoms with Crippen LogP contribution in [0.25, 0.3) is 0 Å². The van der Waals surface area contributed by atoms with Crippen LogP contribution >= 0.6 is 23.2 Å². The van der Waals surface area contributed by atoms with Crippen LogP contribution in [0.3, 0.4) is 0 Å². The second-order valence-corrected chi connectivity index (χ2v) is 2.20. The molecule has 0 aliphatic heterocycles. The zero-order valence-electron chi connectivity index (χ0n) is 3.97. The minimum atomic E-state index is -5.09. The fourth-order valence-corrected chi connectivity index (χ4v) is 0.227. The van der Waals surface area contributed by atoms with E-state index in [0.717, 1.165) is 0 Å². The third-order valence-corrected chi connectivity index (χ3v) is 1.44. The van der Waals surface area contributed by atoms with Crippen molar-refractivity contribution in [2.45, 2.75) is 11.3 Å². The molecule has 0 amide bonds. The van der Waals surface area contributed by atoms with E-state index in [9.17, 15) is 17.6 Å². The molecule has 0 saturated heterocycles. The highest BCUT2D eigenvalue weighted by Crippen LogP contribution is 2.38. The third-order valence-electron chi connectivity index (χ3n) is 0.583. The number of halogens is 6. The number of rotatable bonds is 1. The van der Waals surface area contributed by atoms with E-state index in [1.54, 1.807) is 0 Å². The van der Waals surface area contributed by atoms with Crippen LogP contribution in [0.15, 0.2) is 0 Å². The van der Waals surface area contributed by atoms with E-state index in [1.807, 2.05) is 0 Å². The summed E-state index contributed by atoms with van der Waals surface area (Å²) in [4.78, 5) is 0. The number of hydrogen-bond acceptors (Lipinski definition) is 0. The second-order valence-electron chi connectivity index (χ2n) is 1.34. The summed E-state index contributed by atoms with van der Waals surface area (Å²) in [6.45, 7) is 0. The lowest BCUT2D eigenvalue weighted by molar-refractivity contribution is -0.190. The fraction of sp³-hybridized carbons (Fsp3) is 1.00. The molecule has 0 aromatic heterocycles. The molecule has 0 fully saturated rings. The van der Waals surface area contributed by atoms with Crippen molar-refractivity contribution in [1.29, 1.82) is 0 Å². The summed E-state index contributed by atoms with van der Waals surface area (Å²) in [5, 5.41) is -3.78. The highest BCUT2D eigenvalue weighted by molar-refractivity contribution is 6.30. The largest absolute Gasteiger partial charge is 0.438 e. The molecule has 0 nitrogen and oxygen atoms in total. The molecule has 0 aliphatic rings. The van der Waals surface area contributed by atoms with Gasteiger partial charge in [0.25, 0.3) is 5.13 Å². The minimum Gasteiger partial charge on any atom is -0.215 e. The Morgan fingerprint density at radius 3 is 1.44 bits per heavy atom. The smallest absolute Gasteiger partial charge is 0.215 e. The average molecular weight is 185 g/mol. The standard InChI is InChI=1S/C3H2Cl2F4/c4-1-2(5,6)3(7,8)9/h1H2/t2-/m0/s1. The first kappa shape index (κ1) is 9.30. The maximum absolute atomic E-state index is 11.8. The molecule has 0 aromatic carbocycles. The Hall–Kier alpha value is 0.300. The molecule has 0 aromatic rings. The van der Waals surface area contributed by atoms with Gasteiger partial charge in [0.15, 0.2) is 0 Å². The van der Waals surface area contributed by atoms with Crippen molar-refractivity contribution < 1.29 is 17.6 Å². The summed E-state index contributed by atoms with van der Waals surface area (Å²) < 4.78 is 45.6. The molecule has 0 unspecified atom stereocenters. The van der Waals surface area contributed by atoms with Crippen LogP contribution in [-0.4, -0.2) is 17.2 Å². The van der Waals surface area contributed by atoms with E-state index in [4.69, 9.17) is 0 Å². The van der Waals surface area contributed by atoms with E-state index in [-0.39, 0.29) is 0 Å². The fourth-order valence-electron chi connectivity index (χ4n) is 0.0758. The Kier molecular flexibility index (Phi) is 2.58. The van der Waals surface area contributed by atoms with E-state index < -0.39 is 17.2 Å². The van der Waals surface area contributed by atoms with Gasteiger partial charge in [-0.25, -0.2) is 4.39 Å². The Bertz CT molecular complexity index is 96.5. The van der Waals surface area contributed by atoms with Gasteiger partial charge < -0.3 is 0 Å². The summed E-state index contributed by atoms with van der Waals surface area (Å²) in [5.41, 5.74) is 0. The summed E-state index contributed by atoms with van der Waals surface area (Å²) in [6, 6.07) is 0. The Morgan fingerprint density at radius 1 is 1.11 bits per heavy atom. The molecule has 0 spiro atoms. The molecule has 9 heavy (non-hydrogen) atoms. The van der Waals surface area contributed by atoms with Crippen molar-refractivity contribution in [3.05, 3.63) is 0 Å². The third kappa shape index (κ3) is 2.18. The van der Waals surface area contributed by atoms with Crippen LogP contribution in [0, 0.1) is 0 Å². The lowest BCUT2D eigenvalue weighted by Crippen LogP contribution is -2.36. The van der Waals surface area contributed by atoms with Crippen molar-refractivity contribution in [1.82, 2.24) is 0 Å². The summed E-state index contributed by atoms with van der Waals surface area (Å²) >= 11 is 8.82. The normalized spacial score (nSPS) is 19.3. The van der Waals surface area contributed by atoms with Gasteiger partial charge in [-0.05, 0) is 0 Å². The van der Waals surface area contributed by atoms with Crippen LogP contribution in [-0.2, 0) is 0 Å². The maximum Gasteiger partial charge on any atom is 0.438 e. The first-order valence-corrected chi connectivity index (χ1v) is 2.73. The van der Waals surface area contributed by atoms with Crippen molar-refractivity contribution >= 4 is 23.2 Å².